The molecule has 3 heterocycles. The molecule has 2 aromatic heterocycles. The molecule has 1 aliphatic heterocycles. The Labute approximate surface area is 168 Å². The van der Waals surface area contributed by atoms with Crippen molar-refractivity contribution in [3.8, 4) is 0 Å². The molecule has 1 atom stereocenters. The topological polar surface area (TPSA) is 55.2 Å². The second-order valence-corrected chi connectivity index (χ2v) is 8.86. The van der Waals surface area contributed by atoms with Gasteiger partial charge in [0.2, 0.25) is 10.0 Å². The van der Waals surface area contributed by atoms with Gasteiger partial charge < -0.3 is 4.57 Å². The smallest absolute Gasteiger partial charge is 0.246 e. The Balaban J connectivity index is 1.72. The monoisotopic (exact) mass is 407 g/mol. The summed E-state index contributed by atoms with van der Waals surface area (Å²) in [5.74, 6) is -0.427. The molecule has 0 spiro atoms. The van der Waals surface area contributed by atoms with Crippen molar-refractivity contribution in [1.29, 1.82) is 0 Å². The molecule has 1 aliphatic rings. The molecule has 0 bridgehead atoms. The van der Waals surface area contributed by atoms with E-state index in [2.05, 4.69) is 4.98 Å². The summed E-state index contributed by atoms with van der Waals surface area (Å²) in [6.45, 7) is 0.747. The molecular weight excluding hydrogens is 389 g/mol. The van der Waals surface area contributed by atoms with Gasteiger partial charge in [0, 0.05) is 42.1 Å². The molecule has 0 saturated carbocycles. The highest BCUT2D eigenvalue weighted by Gasteiger charge is 2.39. The predicted molar refractivity (Wildman–Crippen MR) is 108 cm³/mol. The molecular formula is C22H18FN3O2S. The summed E-state index contributed by atoms with van der Waals surface area (Å²) in [4.78, 5) is 4.44. The van der Waals surface area contributed by atoms with Crippen LogP contribution in [0, 0.1) is 5.82 Å². The molecule has 0 N–H and O–H groups in total. The Kier molecular flexibility index (Phi) is 4.22. The Hall–Kier alpha value is -3.03. The maximum Gasteiger partial charge on any atom is 0.246 e. The first-order chi connectivity index (χ1) is 14.1. The van der Waals surface area contributed by atoms with Crippen LogP contribution >= 0.6 is 0 Å². The second-order valence-electron chi connectivity index (χ2n) is 7.00. The minimum atomic E-state index is -3.93. The number of rotatable bonds is 3. The summed E-state index contributed by atoms with van der Waals surface area (Å²) in [6, 6.07) is 18.0. The van der Waals surface area contributed by atoms with E-state index in [0.29, 0.717) is 17.6 Å². The molecule has 5 rings (SSSR count). The Morgan fingerprint density at radius 2 is 1.76 bits per heavy atom. The van der Waals surface area contributed by atoms with Crippen LogP contribution in [0.25, 0.3) is 10.9 Å². The summed E-state index contributed by atoms with van der Waals surface area (Å²) in [5, 5.41) is 0.747. The minimum Gasteiger partial charge on any atom is -0.348 e. The summed E-state index contributed by atoms with van der Waals surface area (Å²) < 4.78 is 45.7. The summed E-state index contributed by atoms with van der Waals surface area (Å²) in [7, 11) is -3.93. The highest BCUT2D eigenvalue weighted by Crippen LogP contribution is 2.38. The predicted octanol–water partition coefficient (Wildman–Crippen LogP) is 3.97. The zero-order valence-corrected chi connectivity index (χ0v) is 16.3. The number of hydrogen-bond donors (Lipinski definition) is 0. The number of sulfonamides is 1. The Bertz CT molecular complexity index is 1310. The molecule has 5 nitrogen and oxygen atoms in total. The number of pyridine rings is 1. The fraction of sp³-hybridized carbons (Fsp3) is 0.136. The fourth-order valence-corrected chi connectivity index (χ4v) is 5.78. The van der Waals surface area contributed by atoms with E-state index < -0.39 is 21.9 Å². The van der Waals surface area contributed by atoms with Crippen molar-refractivity contribution >= 4 is 20.9 Å². The van der Waals surface area contributed by atoms with Crippen LogP contribution < -0.4 is 0 Å². The first-order valence-electron chi connectivity index (χ1n) is 9.32. The van der Waals surface area contributed by atoms with Crippen molar-refractivity contribution < 1.29 is 12.8 Å². The van der Waals surface area contributed by atoms with Crippen LogP contribution in [-0.4, -0.2) is 28.8 Å². The van der Waals surface area contributed by atoms with Gasteiger partial charge in [-0.15, -0.1) is 0 Å². The largest absolute Gasteiger partial charge is 0.348 e. The third-order valence-corrected chi connectivity index (χ3v) is 7.27. The van der Waals surface area contributed by atoms with E-state index in [1.165, 1.54) is 10.4 Å². The normalized spacial score (nSPS) is 17.3. The lowest BCUT2D eigenvalue weighted by molar-refractivity contribution is 0.293. The van der Waals surface area contributed by atoms with Crippen molar-refractivity contribution in [2.24, 2.45) is 0 Å². The quantitative estimate of drug-likeness (QED) is 0.516. The lowest BCUT2D eigenvalue weighted by Gasteiger charge is -2.36. The zero-order chi connectivity index (χ0) is 20.0. The van der Waals surface area contributed by atoms with Crippen LogP contribution in [0.15, 0.2) is 84.0 Å². The molecule has 0 aliphatic carbocycles. The van der Waals surface area contributed by atoms with Gasteiger partial charge >= 0.3 is 0 Å². The maximum absolute atomic E-state index is 14.7. The molecule has 7 heteroatoms. The van der Waals surface area contributed by atoms with E-state index in [-0.39, 0.29) is 11.4 Å². The number of nitrogens with zero attached hydrogens (tertiary/aromatic N) is 3. The molecule has 0 fully saturated rings. The van der Waals surface area contributed by atoms with Gasteiger partial charge in [-0.2, -0.15) is 4.31 Å². The molecule has 4 aromatic rings. The van der Waals surface area contributed by atoms with Crippen LogP contribution in [0.1, 0.15) is 17.3 Å². The molecule has 0 amide bonds. The van der Waals surface area contributed by atoms with E-state index >= 15 is 0 Å². The lowest BCUT2D eigenvalue weighted by Crippen LogP contribution is -2.42. The summed E-state index contributed by atoms with van der Waals surface area (Å²) in [5.41, 5.74) is 1.50. The van der Waals surface area contributed by atoms with Crippen molar-refractivity contribution in [2.45, 2.75) is 17.5 Å². The van der Waals surface area contributed by atoms with Crippen molar-refractivity contribution in [1.82, 2.24) is 13.9 Å². The number of aromatic nitrogens is 2. The third kappa shape index (κ3) is 2.85. The summed E-state index contributed by atoms with van der Waals surface area (Å²) >= 11 is 0. The third-order valence-electron chi connectivity index (χ3n) is 5.38. The average Bonchev–Trinajstić information content (AvgIpc) is 3.22. The molecule has 2 aromatic carbocycles. The Morgan fingerprint density at radius 1 is 0.931 bits per heavy atom. The summed E-state index contributed by atoms with van der Waals surface area (Å²) in [6.07, 6.45) is 3.48. The average molecular weight is 407 g/mol. The molecule has 0 radical (unpaired) electrons. The van der Waals surface area contributed by atoms with Crippen LogP contribution in [0.4, 0.5) is 4.39 Å². The van der Waals surface area contributed by atoms with E-state index in [0.717, 1.165) is 11.1 Å². The van der Waals surface area contributed by atoms with Gasteiger partial charge in [-0.25, -0.2) is 12.8 Å². The number of fused-ring (bicyclic) bond motifs is 2. The highest BCUT2D eigenvalue weighted by molar-refractivity contribution is 7.89. The van der Waals surface area contributed by atoms with Crippen LogP contribution in [0.5, 0.6) is 0 Å². The van der Waals surface area contributed by atoms with Crippen LogP contribution in [0.2, 0.25) is 0 Å². The first-order valence-corrected chi connectivity index (χ1v) is 10.8. The molecule has 0 unspecified atom stereocenters. The van der Waals surface area contributed by atoms with Crippen LogP contribution in [0.3, 0.4) is 0 Å². The lowest BCUT2D eigenvalue weighted by atomic mass is 10.0. The van der Waals surface area contributed by atoms with Gasteiger partial charge in [0.1, 0.15) is 10.7 Å². The molecule has 29 heavy (non-hydrogen) atoms. The minimum absolute atomic E-state index is 0.136. The van der Waals surface area contributed by atoms with Gasteiger partial charge in [0.15, 0.2) is 0 Å². The first kappa shape index (κ1) is 18.0. The Morgan fingerprint density at radius 3 is 2.62 bits per heavy atom. The van der Waals surface area contributed by atoms with Crippen LogP contribution in [-0.2, 0) is 16.6 Å². The van der Waals surface area contributed by atoms with Crippen molar-refractivity contribution in [3.63, 3.8) is 0 Å². The number of halogens is 1. The number of para-hydroxylation sites is 1. The van der Waals surface area contributed by atoms with Gasteiger partial charge in [-0.1, -0.05) is 36.4 Å². The van der Waals surface area contributed by atoms with E-state index in [4.69, 9.17) is 0 Å². The maximum atomic E-state index is 14.7. The molecule has 146 valence electrons. The van der Waals surface area contributed by atoms with Gasteiger partial charge in [0.25, 0.3) is 0 Å². The van der Waals surface area contributed by atoms with Crippen molar-refractivity contribution in [2.75, 3.05) is 6.54 Å². The van der Waals surface area contributed by atoms with E-state index in [1.807, 2.05) is 35.0 Å². The number of benzene rings is 2. The SMILES string of the molecule is O=S(=O)(c1cccc2cccnc12)N1CCn2cccc2[C@H]1c1ccccc1F. The number of hydrogen-bond acceptors (Lipinski definition) is 3. The van der Waals surface area contributed by atoms with Crippen molar-refractivity contribution in [3.05, 3.63) is 96.2 Å². The standard InChI is InChI=1S/C22H18FN3O2S/c23-18-9-2-1-8-17(18)22-19-10-5-13-25(19)14-15-26(22)29(27,28)20-11-3-6-16-7-4-12-24-21(16)20/h1-13,22H,14-15H2/t22-/m1/s1. The van der Waals surface area contributed by atoms with Gasteiger partial charge in [-0.05, 0) is 30.3 Å². The fourth-order valence-electron chi connectivity index (χ4n) is 4.04. The molecule has 0 saturated heterocycles. The zero-order valence-electron chi connectivity index (χ0n) is 15.4. The highest BCUT2D eigenvalue weighted by atomic mass is 32.2. The van der Waals surface area contributed by atoms with E-state index in [9.17, 15) is 12.8 Å². The van der Waals surface area contributed by atoms with Gasteiger partial charge in [-0.3, -0.25) is 4.98 Å². The second kappa shape index (κ2) is 6.79. The van der Waals surface area contributed by atoms with Gasteiger partial charge in [0.05, 0.1) is 11.6 Å². The van der Waals surface area contributed by atoms with E-state index in [1.54, 1.807) is 42.6 Å².